The van der Waals surface area contributed by atoms with Gasteiger partial charge in [-0.1, -0.05) is 23.7 Å². The van der Waals surface area contributed by atoms with Crippen LogP contribution in [0.4, 0.5) is 29.1 Å². The van der Waals surface area contributed by atoms with Gasteiger partial charge in [0.25, 0.3) is 0 Å². The largest absolute Gasteiger partial charge is 0.487 e. The summed E-state index contributed by atoms with van der Waals surface area (Å²) in [4.78, 5) is 11.0. The second-order valence-corrected chi connectivity index (χ2v) is 11.6. The SMILES string of the molecule is Fc1cccc(COc2ccc(Nc3ncnc4ccc(-n5cc(CNCCCN6CCOCC6)c(C(F)(F)F)c5)cc34)cc2Cl)c1. The van der Waals surface area contributed by atoms with Gasteiger partial charge < -0.3 is 24.7 Å². The van der Waals surface area contributed by atoms with Gasteiger partial charge in [0.2, 0.25) is 0 Å². The van der Waals surface area contributed by atoms with Crippen LogP contribution in [0.1, 0.15) is 23.1 Å². The van der Waals surface area contributed by atoms with Crippen LogP contribution < -0.4 is 15.4 Å². The van der Waals surface area contributed by atoms with E-state index in [9.17, 15) is 17.6 Å². The van der Waals surface area contributed by atoms with Crippen molar-refractivity contribution < 1.29 is 27.0 Å². The highest BCUT2D eigenvalue weighted by molar-refractivity contribution is 6.32. The summed E-state index contributed by atoms with van der Waals surface area (Å²) in [6.45, 7) is 4.90. The molecule has 2 N–H and O–H groups in total. The minimum absolute atomic E-state index is 0.0944. The molecule has 0 amide bonds. The number of aromatic nitrogens is 3. The first-order valence-corrected chi connectivity index (χ1v) is 15.6. The van der Waals surface area contributed by atoms with Crippen LogP contribution in [0.5, 0.6) is 5.75 Å². The summed E-state index contributed by atoms with van der Waals surface area (Å²) >= 11 is 6.48. The van der Waals surface area contributed by atoms with Gasteiger partial charge in [-0.25, -0.2) is 14.4 Å². The molecule has 0 unspecified atom stereocenters. The lowest BCUT2D eigenvalue weighted by Crippen LogP contribution is -2.37. The molecule has 2 aromatic heterocycles. The predicted molar refractivity (Wildman–Crippen MR) is 173 cm³/mol. The molecule has 0 saturated carbocycles. The van der Waals surface area contributed by atoms with Crippen LogP contribution in [0.25, 0.3) is 16.6 Å². The van der Waals surface area contributed by atoms with Crippen LogP contribution >= 0.6 is 11.6 Å². The molecular formula is C34H33ClF4N6O2. The van der Waals surface area contributed by atoms with Gasteiger partial charge in [0, 0.05) is 48.8 Å². The normalized spacial score (nSPS) is 14.1. The Hall–Kier alpha value is -4.23. The van der Waals surface area contributed by atoms with Gasteiger partial charge in [0.05, 0.1) is 29.3 Å². The minimum atomic E-state index is -4.50. The van der Waals surface area contributed by atoms with Gasteiger partial charge in [-0.15, -0.1) is 0 Å². The summed E-state index contributed by atoms with van der Waals surface area (Å²) in [6, 6.07) is 16.4. The van der Waals surface area contributed by atoms with Crippen LogP contribution in [0.15, 0.2) is 79.4 Å². The van der Waals surface area contributed by atoms with Gasteiger partial charge in [-0.05, 0) is 79.2 Å². The summed E-state index contributed by atoms with van der Waals surface area (Å²) in [6.07, 6.45) is 0.361. The van der Waals surface area contributed by atoms with E-state index in [0.29, 0.717) is 64.2 Å². The Bertz CT molecular complexity index is 1830. The third kappa shape index (κ3) is 8.38. The highest BCUT2D eigenvalue weighted by Gasteiger charge is 2.35. The van der Waals surface area contributed by atoms with Gasteiger partial charge >= 0.3 is 6.18 Å². The fraction of sp³-hybridized carbons (Fsp3) is 0.294. The van der Waals surface area contributed by atoms with Gasteiger partial charge in [0.15, 0.2) is 0 Å². The smallest absolute Gasteiger partial charge is 0.418 e. The van der Waals surface area contributed by atoms with Crippen molar-refractivity contribution in [2.24, 2.45) is 0 Å². The zero-order valence-electron chi connectivity index (χ0n) is 25.4. The van der Waals surface area contributed by atoms with E-state index in [0.717, 1.165) is 32.3 Å². The summed E-state index contributed by atoms with van der Waals surface area (Å²) < 4.78 is 68.2. The molecule has 246 valence electrons. The van der Waals surface area contributed by atoms with E-state index in [2.05, 4.69) is 25.5 Å². The van der Waals surface area contributed by atoms with Crippen LogP contribution in [0.3, 0.4) is 0 Å². The molecule has 13 heteroatoms. The molecule has 1 saturated heterocycles. The van der Waals surface area contributed by atoms with Crippen molar-refractivity contribution in [3.05, 3.63) is 107 Å². The van der Waals surface area contributed by atoms with E-state index >= 15 is 0 Å². The molecule has 47 heavy (non-hydrogen) atoms. The molecule has 1 aliphatic heterocycles. The fourth-order valence-electron chi connectivity index (χ4n) is 5.44. The fourth-order valence-corrected chi connectivity index (χ4v) is 5.68. The molecule has 1 aliphatic rings. The van der Waals surface area contributed by atoms with Gasteiger partial charge in [-0.3, -0.25) is 4.90 Å². The number of morpholine rings is 1. The van der Waals surface area contributed by atoms with Crippen LogP contribution in [-0.2, 0) is 24.1 Å². The second kappa shape index (κ2) is 14.7. The molecule has 0 atom stereocenters. The lowest BCUT2D eigenvalue weighted by molar-refractivity contribution is -0.138. The van der Waals surface area contributed by atoms with E-state index in [1.54, 1.807) is 48.5 Å². The number of nitrogens with zero attached hydrogens (tertiary/aromatic N) is 4. The molecule has 1 fully saturated rings. The molecular weight excluding hydrogens is 636 g/mol. The number of hydrogen-bond donors (Lipinski definition) is 2. The third-order valence-electron chi connectivity index (χ3n) is 7.86. The Balaban J connectivity index is 1.16. The van der Waals surface area contributed by atoms with E-state index < -0.39 is 11.7 Å². The topological polar surface area (TPSA) is 76.5 Å². The maximum atomic E-state index is 14.0. The molecule has 0 spiro atoms. The Morgan fingerprint density at radius 2 is 1.83 bits per heavy atom. The second-order valence-electron chi connectivity index (χ2n) is 11.2. The maximum absolute atomic E-state index is 14.0. The number of halogens is 5. The number of ether oxygens (including phenoxy) is 2. The number of alkyl halides is 3. The zero-order chi connectivity index (χ0) is 32.8. The molecule has 3 heterocycles. The maximum Gasteiger partial charge on any atom is 0.418 e. The molecule has 3 aromatic carbocycles. The minimum Gasteiger partial charge on any atom is -0.487 e. The first-order chi connectivity index (χ1) is 22.7. The summed E-state index contributed by atoms with van der Waals surface area (Å²) in [7, 11) is 0. The van der Waals surface area contributed by atoms with Crippen molar-refractivity contribution in [1.82, 2.24) is 24.8 Å². The number of fused-ring (bicyclic) bond motifs is 1. The Kier molecular flexibility index (Phi) is 10.2. The van der Waals surface area contributed by atoms with Crippen molar-refractivity contribution in [2.75, 3.05) is 44.7 Å². The molecule has 0 bridgehead atoms. The van der Waals surface area contributed by atoms with Gasteiger partial charge in [0.1, 0.15) is 30.3 Å². The molecule has 8 nitrogen and oxygen atoms in total. The van der Waals surface area contributed by atoms with Crippen molar-refractivity contribution >= 4 is 34.0 Å². The number of rotatable bonds is 12. The van der Waals surface area contributed by atoms with Crippen molar-refractivity contribution in [2.45, 2.75) is 25.7 Å². The third-order valence-corrected chi connectivity index (χ3v) is 8.15. The Morgan fingerprint density at radius 3 is 2.62 bits per heavy atom. The highest BCUT2D eigenvalue weighted by Crippen LogP contribution is 2.35. The van der Waals surface area contributed by atoms with Crippen molar-refractivity contribution in [1.29, 1.82) is 0 Å². The van der Waals surface area contributed by atoms with Crippen LogP contribution in [-0.4, -0.2) is 58.8 Å². The van der Waals surface area contributed by atoms with Crippen LogP contribution in [0, 0.1) is 5.82 Å². The Labute approximate surface area is 274 Å². The number of nitrogens with one attached hydrogen (secondary N) is 2. The lowest BCUT2D eigenvalue weighted by Gasteiger charge is -2.26. The zero-order valence-corrected chi connectivity index (χ0v) is 26.1. The quantitative estimate of drug-likeness (QED) is 0.106. The summed E-state index contributed by atoms with van der Waals surface area (Å²) in [5, 5.41) is 7.35. The van der Waals surface area contributed by atoms with E-state index in [-0.39, 0.29) is 24.5 Å². The lowest BCUT2D eigenvalue weighted by atomic mass is 10.2. The van der Waals surface area contributed by atoms with E-state index in [1.165, 1.54) is 29.2 Å². The average Bonchev–Trinajstić information content (AvgIpc) is 3.50. The molecule has 0 radical (unpaired) electrons. The Morgan fingerprint density at radius 1 is 0.979 bits per heavy atom. The van der Waals surface area contributed by atoms with E-state index in [4.69, 9.17) is 21.1 Å². The monoisotopic (exact) mass is 668 g/mol. The number of anilines is 2. The standard InChI is InChI=1S/C34H33ClF4N6O2/c35-30-16-26(5-8-32(30)47-21-23-3-1-4-25(36)15-23)43-33-28-17-27(6-7-31(28)41-22-42-33)45-19-24(29(20-45)34(37,38)39)18-40-9-2-10-44-11-13-46-14-12-44/h1,3-8,15-17,19-20,22,40H,2,9-14,18,21H2,(H,41,42,43). The molecule has 6 rings (SSSR count). The highest BCUT2D eigenvalue weighted by atomic mass is 35.5. The number of benzene rings is 3. The summed E-state index contributed by atoms with van der Waals surface area (Å²) in [5.41, 5.74) is 1.90. The first kappa shape index (κ1) is 32.7. The average molecular weight is 669 g/mol. The number of hydrogen-bond acceptors (Lipinski definition) is 7. The van der Waals surface area contributed by atoms with Crippen molar-refractivity contribution in [3.8, 4) is 11.4 Å². The first-order valence-electron chi connectivity index (χ1n) is 15.2. The van der Waals surface area contributed by atoms with E-state index in [1.807, 2.05) is 0 Å². The van der Waals surface area contributed by atoms with Crippen molar-refractivity contribution in [3.63, 3.8) is 0 Å². The van der Waals surface area contributed by atoms with Crippen LogP contribution in [0.2, 0.25) is 5.02 Å². The predicted octanol–water partition coefficient (Wildman–Crippen LogP) is 7.37. The molecule has 0 aliphatic carbocycles. The summed E-state index contributed by atoms with van der Waals surface area (Å²) in [5.74, 6) is 0.524. The molecule has 5 aromatic rings. The van der Waals surface area contributed by atoms with Gasteiger partial charge in [-0.2, -0.15) is 13.2 Å².